The van der Waals surface area contributed by atoms with Crippen LogP contribution in [-0.4, -0.2) is 34.5 Å². The summed E-state index contributed by atoms with van der Waals surface area (Å²) in [5.41, 5.74) is -3.49. The van der Waals surface area contributed by atoms with Crippen molar-refractivity contribution in [1.82, 2.24) is 34.5 Å². The Hall–Kier alpha value is -4.37. The highest BCUT2D eigenvalue weighted by atomic mass is 32.1. The lowest BCUT2D eigenvalue weighted by atomic mass is 9.56. The lowest BCUT2D eigenvalue weighted by Crippen LogP contribution is -2.61. The van der Waals surface area contributed by atoms with Crippen molar-refractivity contribution in [2.45, 2.75) is 16.6 Å². The summed E-state index contributed by atoms with van der Waals surface area (Å²) in [5.74, 6) is 1.88. The minimum absolute atomic E-state index is 0.302. The van der Waals surface area contributed by atoms with Crippen LogP contribution in [0, 0.1) is 0 Å². The Morgan fingerprint density at radius 3 is 2.50 bits per heavy atom. The number of aromatic nitrogens is 7. The number of imidazole rings is 1. The molecule has 1 fully saturated rings. The molecule has 0 radical (unpaired) electrons. The second kappa shape index (κ2) is 8.82. The molecule has 7 aromatic rings. The van der Waals surface area contributed by atoms with Crippen LogP contribution in [0.25, 0.3) is 0 Å². The van der Waals surface area contributed by atoms with Gasteiger partial charge in [-0.15, -0.1) is 22.7 Å². The molecular weight excluding hydrogens is 569 g/mol. The van der Waals surface area contributed by atoms with Gasteiger partial charge >= 0.3 is 0 Å². The molecule has 8 rings (SSSR count). The van der Waals surface area contributed by atoms with Gasteiger partial charge < -0.3 is 13.8 Å². The van der Waals surface area contributed by atoms with Crippen LogP contribution in [0.4, 0.5) is 5.82 Å². The Balaban J connectivity index is 1.67. The summed E-state index contributed by atoms with van der Waals surface area (Å²) in [6.07, 6.45) is 11.7. The molecule has 7 aromatic heterocycles. The van der Waals surface area contributed by atoms with Crippen LogP contribution in [0.2, 0.25) is 0 Å². The summed E-state index contributed by atoms with van der Waals surface area (Å²) in [5, 5.41) is 15.7. The Kier molecular flexibility index (Phi) is 5.19. The van der Waals surface area contributed by atoms with Gasteiger partial charge in [-0.1, -0.05) is 6.07 Å². The molecule has 40 heavy (non-hydrogen) atoms. The minimum atomic E-state index is -1.46. The van der Waals surface area contributed by atoms with Crippen LogP contribution in [-0.2, 0) is 21.4 Å². The molecule has 0 spiro atoms. The molecule has 8 heterocycles. The van der Waals surface area contributed by atoms with Crippen molar-refractivity contribution in [2.75, 3.05) is 5.06 Å². The highest BCUT2D eigenvalue weighted by molar-refractivity contribution is 7.11. The smallest absolute Gasteiger partial charge is 0.232 e. The summed E-state index contributed by atoms with van der Waals surface area (Å²) >= 11 is 4.36. The van der Waals surface area contributed by atoms with Gasteiger partial charge in [0.05, 0.1) is 24.4 Å². The molecule has 0 saturated carbocycles. The Labute approximate surface area is 238 Å². The van der Waals surface area contributed by atoms with Crippen LogP contribution >= 0.6 is 34.2 Å². The molecule has 0 aromatic carbocycles. The average Bonchev–Trinajstić information content (AvgIpc) is 3.85. The third-order valence-electron chi connectivity index (χ3n) is 7.21. The van der Waals surface area contributed by atoms with Gasteiger partial charge in [0.15, 0.2) is 5.41 Å². The maximum absolute atomic E-state index is 7.37. The molecule has 1 saturated heterocycles. The molecule has 11 nitrogen and oxygen atoms in total. The fraction of sp³-hybridized carbons (Fsp3) is 0.115. The van der Waals surface area contributed by atoms with Gasteiger partial charge in [0.25, 0.3) is 0 Å². The number of rotatable bonds is 7. The summed E-state index contributed by atoms with van der Waals surface area (Å²) in [6.45, 7) is 0. The molecule has 3 atom stereocenters. The standard InChI is InChI=1S/C26H18N8O3S3/c1-3-18(35-12-1)24(17-6-15-40-33-17)25(21-27-8-9-28-21,22-29-10-13-36-22)34(20-5-7-31-32-20)37-26(24,19-4-2-14-38-19)23-30-11-16-39-23/h1-16H,(H,27,28)(H,31,32). The fourth-order valence-corrected chi connectivity index (χ4v) is 8.29. The maximum atomic E-state index is 7.37. The topological polar surface area (TPSA) is 135 Å². The van der Waals surface area contributed by atoms with Crippen molar-refractivity contribution >= 4 is 40.0 Å². The third-order valence-corrected chi connectivity index (χ3v) is 9.61. The highest BCUT2D eigenvalue weighted by Gasteiger charge is 2.83. The quantitative estimate of drug-likeness (QED) is 0.255. The maximum Gasteiger partial charge on any atom is 0.232 e. The summed E-state index contributed by atoms with van der Waals surface area (Å²) in [4.78, 5) is 26.1. The molecule has 1 aliphatic heterocycles. The zero-order valence-electron chi connectivity index (χ0n) is 20.4. The largest absolute Gasteiger partial charge is 0.468 e. The van der Waals surface area contributed by atoms with Crippen molar-refractivity contribution in [3.05, 3.63) is 129 Å². The van der Waals surface area contributed by atoms with E-state index in [0.29, 0.717) is 34.0 Å². The van der Waals surface area contributed by atoms with E-state index in [1.807, 2.05) is 52.5 Å². The monoisotopic (exact) mass is 586 g/mol. The van der Waals surface area contributed by atoms with Gasteiger partial charge in [-0.3, -0.25) is 5.10 Å². The zero-order chi connectivity index (χ0) is 26.6. The number of hydroxylamine groups is 1. The molecule has 0 bridgehead atoms. The van der Waals surface area contributed by atoms with Crippen LogP contribution < -0.4 is 5.06 Å². The molecule has 2 N–H and O–H groups in total. The Morgan fingerprint density at radius 2 is 1.85 bits per heavy atom. The van der Waals surface area contributed by atoms with Crippen molar-refractivity contribution in [2.24, 2.45) is 0 Å². The van der Waals surface area contributed by atoms with Crippen LogP contribution in [0.15, 0.2) is 105 Å². The van der Waals surface area contributed by atoms with Gasteiger partial charge in [-0.05, 0) is 41.2 Å². The normalized spacial score (nSPS) is 24.6. The van der Waals surface area contributed by atoms with Gasteiger partial charge in [0.1, 0.15) is 28.7 Å². The van der Waals surface area contributed by atoms with Gasteiger partial charge in [0.2, 0.25) is 17.0 Å². The number of thiazole rings is 1. The van der Waals surface area contributed by atoms with Crippen molar-refractivity contribution < 1.29 is 13.7 Å². The van der Waals surface area contributed by atoms with E-state index in [0.717, 1.165) is 4.88 Å². The number of thiophene rings is 1. The highest BCUT2D eigenvalue weighted by Crippen LogP contribution is 2.70. The average molecular weight is 587 g/mol. The molecule has 0 amide bonds. The van der Waals surface area contributed by atoms with Gasteiger partial charge in [-0.25, -0.2) is 24.9 Å². The Bertz CT molecular complexity index is 1680. The van der Waals surface area contributed by atoms with E-state index in [9.17, 15) is 0 Å². The number of nitrogens with one attached hydrogen (secondary N) is 2. The second-order valence-corrected chi connectivity index (χ2v) is 11.4. The first-order chi connectivity index (χ1) is 19.8. The summed E-state index contributed by atoms with van der Waals surface area (Å²) < 4.78 is 17.7. The fourth-order valence-electron chi connectivity index (χ4n) is 5.91. The van der Waals surface area contributed by atoms with Crippen molar-refractivity contribution in [3.63, 3.8) is 0 Å². The first-order valence-corrected chi connectivity index (χ1v) is 14.7. The summed E-state index contributed by atoms with van der Waals surface area (Å²) in [6, 6.07) is 11.6. The van der Waals surface area contributed by atoms with Gasteiger partial charge in [0, 0.05) is 40.3 Å². The second-order valence-electron chi connectivity index (χ2n) is 8.92. The number of oxazole rings is 1. The predicted molar refractivity (Wildman–Crippen MR) is 147 cm³/mol. The van der Waals surface area contributed by atoms with Gasteiger partial charge in [-0.2, -0.15) is 9.47 Å². The van der Waals surface area contributed by atoms with Crippen LogP contribution in [0.3, 0.4) is 0 Å². The van der Waals surface area contributed by atoms with E-state index < -0.39 is 16.6 Å². The number of aromatic amines is 2. The van der Waals surface area contributed by atoms with E-state index in [-0.39, 0.29) is 0 Å². The number of H-pyrrole nitrogens is 2. The van der Waals surface area contributed by atoms with Crippen molar-refractivity contribution in [3.8, 4) is 0 Å². The first-order valence-electron chi connectivity index (χ1n) is 12.1. The zero-order valence-corrected chi connectivity index (χ0v) is 22.8. The Morgan fingerprint density at radius 1 is 0.850 bits per heavy atom. The lowest BCUT2D eigenvalue weighted by molar-refractivity contribution is -0.0116. The molecule has 0 aliphatic carbocycles. The first kappa shape index (κ1) is 23.5. The number of nitrogens with zero attached hydrogens (tertiary/aromatic N) is 6. The molecule has 198 valence electrons. The SMILES string of the molecule is c1coc(C2(c3ccsn3)C(c3cccs3)(c3nccs3)ON(c3ccn[nH]3)C2(c2ncc[nH]2)c2ncco2)c1. The molecular formula is C26H18N8O3S3. The molecule has 3 unspecified atom stereocenters. The molecule has 1 aliphatic rings. The minimum Gasteiger partial charge on any atom is -0.468 e. The number of hydrogen-bond donors (Lipinski definition) is 2. The summed E-state index contributed by atoms with van der Waals surface area (Å²) in [7, 11) is 0. The third kappa shape index (κ3) is 2.77. The van der Waals surface area contributed by atoms with Crippen LogP contribution in [0.1, 0.15) is 33.1 Å². The van der Waals surface area contributed by atoms with E-state index in [2.05, 4.69) is 15.2 Å². The predicted octanol–water partition coefficient (Wildman–Crippen LogP) is 5.31. The number of hydrogen-bond acceptors (Lipinski definition) is 12. The van der Waals surface area contributed by atoms with E-state index in [1.54, 1.807) is 53.6 Å². The number of furan rings is 1. The number of anilines is 1. The van der Waals surface area contributed by atoms with E-state index >= 15 is 0 Å². The van der Waals surface area contributed by atoms with E-state index in [4.69, 9.17) is 33.0 Å². The lowest BCUT2D eigenvalue weighted by Gasteiger charge is -2.45. The molecule has 14 heteroatoms. The van der Waals surface area contributed by atoms with E-state index in [1.165, 1.54) is 29.1 Å². The van der Waals surface area contributed by atoms with Crippen molar-refractivity contribution in [1.29, 1.82) is 0 Å². The van der Waals surface area contributed by atoms with Crippen LogP contribution in [0.5, 0.6) is 0 Å².